The van der Waals surface area contributed by atoms with Crippen LogP contribution in [-0.2, 0) is 0 Å². The minimum atomic E-state index is 0.179. The lowest BCUT2D eigenvalue weighted by Crippen LogP contribution is -2.29. The molecule has 2 aliphatic rings. The fraction of sp³-hybridized carbons (Fsp3) is 0.0571. The largest absolute Gasteiger partial charge is 0.318 e. The SMILES string of the molecule is C1=CC2c3ccc4c(c3N(c3cccc(-c5ccccc5)n3)C2C=C1)c1ccccc1n4-c1ccccc1. The number of hydrogen-bond acceptors (Lipinski definition) is 2. The van der Waals surface area contributed by atoms with Gasteiger partial charge < -0.3 is 9.47 Å². The first-order chi connectivity index (χ1) is 18.9. The van der Waals surface area contributed by atoms with Crippen molar-refractivity contribution in [2.75, 3.05) is 4.90 Å². The molecule has 2 atom stereocenters. The van der Waals surface area contributed by atoms with E-state index in [1.807, 2.05) is 6.07 Å². The minimum absolute atomic E-state index is 0.179. The Kier molecular flexibility index (Phi) is 4.65. The quantitative estimate of drug-likeness (QED) is 0.249. The maximum atomic E-state index is 5.23. The Morgan fingerprint density at radius 1 is 0.605 bits per heavy atom. The second-order valence-electron chi connectivity index (χ2n) is 9.99. The number of fused-ring (bicyclic) bond motifs is 7. The third-order valence-corrected chi connectivity index (χ3v) is 7.91. The number of anilines is 2. The van der Waals surface area contributed by atoms with Gasteiger partial charge in [-0.1, -0.05) is 103 Å². The summed E-state index contributed by atoms with van der Waals surface area (Å²) < 4.78 is 2.39. The van der Waals surface area contributed by atoms with Gasteiger partial charge in [-0.3, -0.25) is 0 Å². The zero-order chi connectivity index (χ0) is 25.1. The fourth-order valence-corrected chi connectivity index (χ4v) is 6.32. The van der Waals surface area contributed by atoms with Crippen LogP contribution in [0.3, 0.4) is 0 Å². The summed E-state index contributed by atoms with van der Waals surface area (Å²) >= 11 is 0. The van der Waals surface area contributed by atoms with Gasteiger partial charge in [-0.2, -0.15) is 0 Å². The number of benzene rings is 4. The number of aromatic nitrogens is 2. The number of nitrogens with zero attached hydrogens (tertiary/aromatic N) is 3. The molecule has 0 saturated heterocycles. The summed E-state index contributed by atoms with van der Waals surface area (Å²) in [6.07, 6.45) is 9.02. The van der Waals surface area contributed by atoms with Gasteiger partial charge in [0.25, 0.3) is 0 Å². The lowest BCUT2D eigenvalue weighted by molar-refractivity contribution is 0.739. The molecule has 180 valence electrons. The van der Waals surface area contributed by atoms with E-state index >= 15 is 0 Å². The number of rotatable bonds is 3. The lowest BCUT2D eigenvalue weighted by atomic mass is 9.91. The predicted molar refractivity (Wildman–Crippen MR) is 157 cm³/mol. The molecule has 0 N–H and O–H groups in total. The van der Waals surface area contributed by atoms with Crippen molar-refractivity contribution in [3.8, 4) is 16.9 Å². The predicted octanol–water partition coefficient (Wildman–Crippen LogP) is 8.58. The molecular weight excluding hydrogens is 462 g/mol. The summed E-state index contributed by atoms with van der Waals surface area (Å²) in [4.78, 5) is 7.70. The maximum absolute atomic E-state index is 5.23. The zero-order valence-electron chi connectivity index (χ0n) is 20.8. The first-order valence-corrected chi connectivity index (χ1v) is 13.2. The molecule has 0 spiro atoms. The van der Waals surface area contributed by atoms with Crippen molar-refractivity contribution in [3.05, 3.63) is 145 Å². The number of para-hydroxylation sites is 2. The van der Waals surface area contributed by atoms with Crippen LogP contribution >= 0.6 is 0 Å². The molecule has 3 heteroatoms. The second-order valence-corrected chi connectivity index (χ2v) is 9.99. The third-order valence-electron chi connectivity index (χ3n) is 7.91. The molecule has 0 fully saturated rings. The van der Waals surface area contributed by atoms with E-state index in [0.29, 0.717) is 0 Å². The van der Waals surface area contributed by atoms with Gasteiger partial charge in [-0.15, -0.1) is 0 Å². The molecule has 0 amide bonds. The van der Waals surface area contributed by atoms with E-state index in [2.05, 4.69) is 143 Å². The van der Waals surface area contributed by atoms with E-state index in [-0.39, 0.29) is 12.0 Å². The maximum Gasteiger partial charge on any atom is 0.134 e. The highest BCUT2D eigenvalue weighted by atomic mass is 15.2. The number of allylic oxidation sites excluding steroid dienone is 2. The highest BCUT2D eigenvalue weighted by Crippen LogP contribution is 2.52. The van der Waals surface area contributed by atoms with Gasteiger partial charge in [0.2, 0.25) is 0 Å². The fourth-order valence-electron chi connectivity index (χ4n) is 6.32. The lowest BCUT2D eigenvalue weighted by Gasteiger charge is -2.28. The number of pyridine rings is 1. The summed E-state index contributed by atoms with van der Waals surface area (Å²) in [5.41, 5.74) is 8.33. The topological polar surface area (TPSA) is 21.1 Å². The van der Waals surface area contributed by atoms with Crippen molar-refractivity contribution in [1.82, 2.24) is 9.55 Å². The molecule has 1 aliphatic carbocycles. The molecule has 2 unspecified atom stereocenters. The standard InChI is InChI=1S/C35H25N3/c1-3-12-24(13-4-1)29-18-11-21-33(36-29)38-30-19-9-7-16-26(30)27-22-23-32-34(35(27)38)28-17-8-10-20-31(28)37(32)25-14-5-2-6-15-25/h1-23,26,30H. The van der Waals surface area contributed by atoms with E-state index in [4.69, 9.17) is 4.98 Å². The van der Waals surface area contributed by atoms with E-state index < -0.39 is 0 Å². The zero-order valence-corrected chi connectivity index (χ0v) is 20.8. The van der Waals surface area contributed by atoms with Gasteiger partial charge in [0.15, 0.2) is 0 Å². The van der Waals surface area contributed by atoms with Crippen LogP contribution in [0.15, 0.2) is 140 Å². The summed E-state index contributed by atoms with van der Waals surface area (Å²) in [7, 11) is 0. The van der Waals surface area contributed by atoms with Crippen molar-refractivity contribution in [3.63, 3.8) is 0 Å². The van der Waals surface area contributed by atoms with Crippen LogP contribution in [-0.4, -0.2) is 15.6 Å². The highest BCUT2D eigenvalue weighted by molar-refractivity contribution is 6.17. The Hall–Kier alpha value is -4.89. The Labute approximate surface area is 221 Å². The molecule has 6 aromatic rings. The molecule has 3 heterocycles. The summed E-state index contributed by atoms with van der Waals surface area (Å²) in [5, 5.41) is 2.55. The molecule has 0 radical (unpaired) electrons. The molecule has 0 bridgehead atoms. The van der Waals surface area contributed by atoms with Gasteiger partial charge in [0.05, 0.1) is 28.5 Å². The average molecular weight is 488 g/mol. The van der Waals surface area contributed by atoms with Crippen molar-refractivity contribution >= 4 is 33.3 Å². The average Bonchev–Trinajstić information content (AvgIpc) is 3.51. The van der Waals surface area contributed by atoms with Crippen molar-refractivity contribution < 1.29 is 0 Å². The molecule has 38 heavy (non-hydrogen) atoms. The molecular formula is C35H25N3. The summed E-state index contributed by atoms with van der Waals surface area (Å²) in [5.74, 6) is 1.25. The Bertz CT molecular complexity index is 1880. The Morgan fingerprint density at radius 3 is 2.24 bits per heavy atom. The van der Waals surface area contributed by atoms with Crippen molar-refractivity contribution in [2.45, 2.75) is 12.0 Å². The van der Waals surface area contributed by atoms with Gasteiger partial charge in [-0.05, 0) is 42.0 Å². The van der Waals surface area contributed by atoms with E-state index in [1.165, 1.54) is 38.7 Å². The van der Waals surface area contributed by atoms with E-state index in [0.717, 1.165) is 17.1 Å². The molecule has 4 aromatic carbocycles. The monoisotopic (exact) mass is 487 g/mol. The van der Waals surface area contributed by atoms with Gasteiger partial charge in [0.1, 0.15) is 5.82 Å². The van der Waals surface area contributed by atoms with Crippen LogP contribution in [0.25, 0.3) is 38.8 Å². The third kappa shape index (κ3) is 3.05. The van der Waals surface area contributed by atoms with E-state index in [9.17, 15) is 0 Å². The van der Waals surface area contributed by atoms with Gasteiger partial charge >= 0.3 is 0 Å². The van der Waals surface area contributed by atoms with Gasteiger partial charge in [-0.25, -0.2) is 4.98 Å². The van der Waals surface area contributed by atoms with Gasteiger partial charge in [0, 0.05) is 27.9 Å². The highest BCUT2D eigenvalue weighted by Gasteiger charge is 2.40. The molecule has 0 saturated carbocycles. The van der Waals surface area contributed by atoms with Crippen molar-refractivity contribution in [1.29, 1.82) is 0 Å². The summed E-state index contributed by atoms with van der Waals surface area (Å²) in [6, 6.07) is 41.1. The molecule has 8 rings (SSSR count). The van der Waals surface area contributed by atoms with E-state index in [1.54, 1.807) is 0 Å². The van der Waals surface area contributed by atoms with Crippen LogP contribution in [0, 0.1) is 0 Å². The first-order valence-electron chi connectivity index (χ1n) is 13.2. The molecule has 2 aromatic heterocycles. The Balaban J connectivity index is 1.44. The smallest absolute Gasteiger partial charge is 0.134 e. The van der Waals surface area contributed by atoms with Crippen LogP contribution in [0.4, 0.5) is 11.5 Å². The Morgan fingerprint density at radius 2 is 1.37 bits per heavy atom. The van der Waals surface area contributed by atoms with Crippen molar-refractivity contribution in [2.24, 2.45) is 0 Å². The molecule has 3 nitrogen and oxygen atoms in total. The first kappa shape index (κ1) is 21.2. The van der Waals surface area contributed by atoms with Crippen LogP contribution in [0.1, 0.15) is 11.5 Å². The normalized spacial score (nSPS) is 17.7. The summed E-state index contributed by atoms with van der Waals surface area (Å²) in [6.45, 7) is 0. The van der Waals surface area contributed by atoms with Crippen LogP contribution in [0.5, 0.6) is 0 Å². The van der Waals surface area contributed by atoms with Crippen LogP contribution in [0.2, 0.25) is 0 Å². The van der Waals surface area contributed by atoms with Crippen LogP contribution < -0.4 is 4.90 Å². The molecule has 1 aliphatic heterocycles. The number of hydrogen-bond donors (Lipinski definition) is 0. The second kappa shape index (κ2) is 8.32. The minimum Gasteiger partial charge on any atom is -0.318 e.